The van der Waals surface area contributed by atoms with Gasteiger partial charge in [-0.2, -0.15) is 10.2 Å². The molecule has 2 N–H and O–H groups in total. The van der Waals surface area contributed by atoms with E-state index in [0.717, 1.165) is 22.4 Å². The van der Waals surface area contributed by atoms with Crippen molar-refractivity contribution in [2.45, 2.75) is 59.0 Å². The number of hydrogen-bond donors (Lipinski definition) is 2. The van der Waals surface area contributed by atoms with E-state index in [4.69, 9.17) is 4.52 Å². The molecule has 0 saturated carbocycles. The van der Waals surface area contributed by atoms with Crippen LogP contribution >= 0.6 is 0 Å². The van der Waals surface area contributed by atoms with Crippen LogP contribution in [0.2, 0.25) is 0 Å². The van der Waals surface area contributed by atoms with Gasteiger partial charge in [0, 0.05) is 35.8 Å². The molecule has 1 aliphatic rings. The number of nitrogens with zero attached hydrogens (tertiary/aromatic N) is 5. The molecule has 0 atom stereocenters. The number of amides is 2. The highest BCUT2D eigenvalue weighted by Crippen LogP contribution is 2.28. The van der Waals surface area contributed by atoms with Crippen LogP contribution in [0.3, 0.4) is 0 Å². The SMILES string of the molecule is CC(C)Nc1ccc(-c2nc(-c3ccc4c(c3)CCN(C(=O)CN(C(=O)O)C(C)(C)C)CC4)no2)cc1C#N. The Hall–Kier alpha value is -4.39. The van der Waals surface area contributed by atoms with E-state index in [1.54, 1.807) is 31.7 Å². The van der Waals surface area contributed by atoms with Gasteiger partial charge in [-0.1, -0.05) is 17.3 Å². The molecule has 204 valence electrons. The Morgan fingerprint density at radius 3 is 2.46 bits per heavy atom. The Balaban J connectivity index is 1.49. The first-order valence-electron chi connectivity index (χ1n) is 13.0. The van der Waals surface area contributed by atoms with Gasteiger partial charge in [0.2, 0.25) is 11.7 Å². The van der Waals surface area contributed by atoms with Gasteiger partial charge in [0.25, 0.3) is 5.89 Å². The minimum absolute atomic E-state index is 0.173. The van der Waals surface area contributed by atoms with Crippen molar-refractivity contribution in [2.75, 3.05) is 25.0 Å². The highest BCUT2D eigenvalue weighted by Gasteiger charge is 2.30. The third-order valence-electron chi connectivity index (χ3n) is 6.71. The average molecular weight is 531 g/mol. The number of anilines is 1. The molecule has 2 heterocycles. The van der Waals surface area contributed by atoms with Crippen LogP contribution in [0.4, 0.5) is 10.5 Å². The summed E-state index contributed by atoms with van der Waals surface area (Å²) in [5, 5.41) is 26.5. The second-order valence-electron chi connectivity index (χ2n) is 11.0. The maximum Gasteiger partial charge on any atom is 0.408 e. The lowest BCUT2D eigenvalue weighted by atomic mass is 10.00. The minimum atomic E-state index is -1.11. The van der Waals surface area contributed by atoms with Crippen LogP contribution in [0.15, 0.2) is 40.9 Å². The van der Waals surface area contributed by atoms with E-state index in [9.17, 15) is 20.0 Å². The number of fused-ring (bicyclic) bond motifs is 1. The first-order valence-corrected chi connectivity index (χ1v) is 13.0. The topological polar surface area (TPSA) is 136 Å². The number of carbonyl (C=O) groups is 2. The van der Waals surface area contributed by atoms with Gasteiger partial charge in [0.1, 0.15) is 12.6 Å². The van der Waals surface area contributed by atoms with E-state index in [0.29, 0.717) is 48.8 Å². The standard InChI is InChI=1S/C29H34N6O4/c1-18(2)31-24-9-8-22(15-23(24)16-30)27-32-26(33-39-27)21-7-6-19-10-12-34(13-11-20(19)14-21)25(36)17-35(28(37)38)29(3,4)5/h6-9,14-15,18,31H,10-13,17H2,1-5H3,(H,37,38). The number of hydrogen-bond acceptors (Lipinski definition) is 7. The van der Waals surface area contributed by atoms with Crippen LogP contribution in [0.1, 0.15) is 51.3 Å². The number of carbonyl (C=O) groups excluding carboxylic acids is 1. The van der Waals surface area contributed by atoms with Crippen LogP contribution in [0.5, 0.6) is 0 Å². The summed E-state index contributed by atoms with van der Waals surface area (Å²) in [7, 11) is 0. The number of nitriles is 1. The summed E-state index contributed by atoms with van der Waals surface area (Å²) in [6.45, 7) is 10.2. The van der Waals surface area contributed by atoms with Gasteiger partial charge >= 0.3 is 6.09 Å². The minimum Gasteiger partial charge on any atom is -0.465 e. The van der Waals surface area contributed by atoms with E-state index >= 15 is 0 Å². The number of carboxylic acid groups (broad SMARTS) is 1. The van der Waals surface area contributed by atoms with E-state index in [2.05, 4.69) is 21.5 Å². The molecule has 10 heteroatoms. The molecule has 10 nitrogen and oxygen atoms in total. The highest BCUT2D eigenvalue weighted by atomic mass is 16.5. The molecule has 0 spiro atoms. The van der Waals surface area contributed by atoms with Crippen LogP contribution in [-0.4, -0.2) is 68.3 Å². The molecule has 3 aromatic rings. The van der Waals surface area contributed by atoms with Gasteiger partial charge in [-0.3, -0.25) is 9.69 Å². The Morgan fingerprint density at radius 2 is 1.82 bits per heavy atom. The summed E-state index contributed by atoms with van der Waals surface area (Å²) in [5.74, 6) is 0.566. The second kappa shape index (κ2) is 11.2. The van der Waals surface area contributed by atoms with Crippen LogP contribution in [0, 0.1) is 11.3 Å². The zero-order valence-corrected chi connectivity index (χ0v) is 23.0. The highest BCUT2D eigenvalue weighted by molar-refractivity contribution is 5.82. The van der Waals surface area contributed by atoms with Gasteiger partial charge in [0.15, 0.2) is 0 Å². The third kappa shape index (κ3) is 6.37. The molecule has 39 heavy (non-hydrogen) atoms. The molecular formula is C29H34N6O4. The summed E-state index contributed by atoms with van der Waals surface area (Å²) in [5.41, 5.74) is 4.27. The quantitative estimate of drug-likeness (QED) is 0.464. The van der Waals surface area contributed by atoms with E-state index in [1.165, 1.54) is 4.90 Å². The predicted octanol–water partition coefficient (Wildman–Crippen LogP) is 4.80. The molecule has 1 aromatic heterocycles. The average Bonchev–Trinajstić information content (AvgIpc) is 3.27. The summed E-state index contributed by atoms with van der Waals surface area (Å²) < 4.78 is 5.53. The van der Waals surface area contributed by atoms with Crippen molar-refractivity contribution < 1.29 is 19.2 Å². The van der Waals surface area contributed by atoms with Crippen molar-refractivity contribution in [3.63, 3.8) is 0 Å². The molecule has 2 aromatic carbocycles. The summed E-state index contributed by atoms with van der Waals surface area (Å²) >= 11 is 0. The summed E-state index contributed by atoms with van der Waals surface area (Å²) in [6.07, 6.45) is 0.206. The monoisotopic (exact) mass is 530 g/mol. The Morgan fingerprint density at radius 1 is 1.13 bits per heavy atom. The maximum atomic E-state index is 13.0. The van der Waals surface area contributed by atoms with Gasteiger partial charge in [-0.25, -0.2) is 4.79 Å². The first kappa shape index (κ1) is 27.6. The summed E-state index contributed by atoms with van der Waals surface area (Å²) in [4.78, 5) is 32.1. The lowest BCUT2D eigenvalue weighted by Crippen LogP contribution is -2.51. The van der Waals surface area contributed by atoms with Gasteiger partial charge in [-0.05, 0) is 82.9 Å². The van der Waals surface area contributed by atoms with Crippen LogP contribution in [-0.2, 0) is 17.6 Å². The van der Waals surface area contributed by atoms with E-state index < -0.39 is 11.6 Å². The zero-order chi connectivity index (χ0) is 28.3. The first-order chi connectivity index (χ1) is 18.5. The number of aromatic nitrogens is 2. The van der Waals surface area contributed by atoms with Gasteiger partial charge in [0.05, 0.1) is 11.3 Å². The molecule has 0 aliphatic carbocycles. The van der Waals surface area contributed by atoms with Crippen LogP contribution in [0.25, 0.3) is 22.8 Å². The third-order valence-corrected chi connectivity index (χ3v) is 6.71. The Labute approximate surface area is 228 Å². The van der Waals surface area contributed by atoms with Gasteiger partial charge in [-0.15, -0.1) is 0 Å². The number of benzene rings is 2. The molecule has 1 aliphatic heterocycles. The molecule has 0 bridgehead atoms. The fourth-order valence-electron chi connectivity index (χ4n) is 4.61. The van der Waals surface area contributed by atoms with Crippen molar-refractivity contribution in [1.82, 2.24) is 19.9 Å². The van der Waals surface area contributed by atoms with Crippen molar-refractivity contribution in [3.05, 3.63) is 53.1 Å². The van der Waals surface area contributed by atoms with Crippen molar-refractivity contribution in [2.24, 2.45) is 0 Å². The number of rotatable bonds is 6. The molecule has 0 unspecified atom stereocenters. The predicted molar refractivity (Wildman–Crippen MR) is 147 cm³/mol. The molecule has 0 fully saturated rings. The van der Waals surface area contributed by atoms with Crippen molar-refractivity contribution >= 4 is 17.7 Å². The Kier molecular flexibility index (Phi) is 7.90. The smallest absolute Gasteiger partial charge is 0.408 e. The fraction of sp³-hybridized carbons (Fsp3) is 0.414. The van der Waals surface area contributed by atoms with E-state index in [1.807, 2.05) is 44.2 Å². The molecule has 2 amide bonds. The van der Waals surface area contributed by atoms with Gasteiger partial charge < -0.3 is 19.8 Å². The second-order valence-corrected chi connectivity index (χ2v) is 11.0. The molecule has 4 rings (SSSR count). The van der Waals surface area contributed by atoms with Crippen molar-refractivity contribution in [1.29, 1.82) is 5.26 Å². The molecule has 0 saturated heterocycles. The van der Waals surface area contributed by atoms with Crippen molar-refractivity contribution in [3.8, 4) is 28.9 Å². The molecular weight excluding hydrogens is 496 g/mol. The zero-order valence-electron chi connectivity index (χ0n) is 23.0. The maximum absolute atomic E-state index is 13.0. The largest absolute Gasteiger partial charge is 0.465 e. The van der Waals surface area contributed by atoms with Crippen LogP contribution < -0.4 is 5.32 Å². The summed E-state index contributed by atoms with van der Waals surface area (Å²) in [6, 6.07) is 13.8. The normalized spacial score (nSPS) is 13.4. The Bertz CT molecular complexity index is 1420. The molecule has 0 radical (unpaired) electrons. The fourth-order valence-corrected chi connectivity index (χ4v) is 4.61. The van der Waals surface area contributed by atoms with E-state index in [-0.39, 0.29) is 18.5 Å². The lowest BCUT2D eigenvalue weighted by Gasteiger charge is -2.34. The number of nitrogens with one attached hydrogen (secondary N) is 1. The lowest BCUT2D eigenvalue weighted by molar-refractivity contribution is -0.133.